The molecule has 0 atom stereocenters. The van der Waals surface area contributed by atoms with Gasteiger partial charge in [0.05, 0.1) is 0 Å². The smallest absolute Gasteiger partial charge is 0.162 e. The van der Waals surface area contributed by atoms with Gasteiger partial charge in [-0.3, -0.25) is 0 Å². The Kier molecular flexibility index (Phi) is 4.72. The Labute approximate surface area is 121 Å². The molecule has 0 saturated carbocycles. The molecule has 0 spiro atoms. The van der Waals surface area contributed by atoms with Gasteiger partial charge in [0.1, 0.15) is 5.82 Å². The molecule has 1 N–H and O–H groups in total. The van der Waals surface area contributed by atoms with Crippen molar-refractivity contribution in [3.8, 4) is 11.4 Å². The fourth-order valence-corrected chi connectivity index (χ4v) is 2.30. The first-order chi connectivity index (χ1) is 9.65. The van der Waals surface area contributed by atoms with Crippen molar-refractivity contribution in [2.45, 2.75) is 40.5 Å². The molecule has 0 aliphatic carbocycles. The monoisotopic (exact) mass is 269 g/mol. The normalized spacial score (nSPS) is 10.6. The minimum atomic E-state index is 0.832. The molecule has 0 radical (unpaired) electrons. The molecule has 0 amide bonds. The highest BCUT2D eigenvalue weighted by atomic mass is 15.0. The Morgan fingerprint density at radius 2 is 1.75 bits per heavy atom. The van der Waals surface area contributed by atoms with E-state index >= 15 is 0 Å². The van der Waals surface area contributed by atoms with Crippen LogP contribution in [-0.4, -0.2) is 16.5 Å². The summed E-state index contributed by atoms with van der Waals surface area (Å²) in [4.78, 5) is 9.39. The summed E-state index contributed by atoms with van der Waals surface area (Å²) in [6.07, 6.45) is 2.01. The molecule has 3 nitrogen and oxygen atoms in total. The van der Waals surface area contributed by atoms with Gasteiger partial charge in [0.15, 0.2) is 5.82 Å². The van der Waals surface area contributed by atoms with Crippen LogP contribution in [0.2, 0.25) is 0 Å². The van der Waals surface area contributed by atoms with Crippen molar-refractivity contribution in [3.63, 3.8) is 0 Å². The maximum Gasteiger partial charge on any atom is 0.162 e. The van der Waals surface area contributed by atoms with Crippen LogP contribution >= 0.6 is 0 Å². The van der Waals surface area contributed by atoms with Gasteiger partial charge in [-0.05, 0) is 37.8 Å². The van der Waals surface area contributed by atoms with Gasteiger partial charge in [-0.1, -0.05) is 32.0 Å². The molecule has 1 aromatic heterocycles. The van der Waals surface area contributed by atoms with Crippen molar-refractivity contribution >= 4 is 5.82 Å². The molecule has 0 fully saturated rings. The maximum absolute atomic E-state index is 4.70. The van der Waals surface area contributed by atoms with Gasteiger partial charge >= 0.3 is 0 Å². The van der Waals surface area contributed by atoms with Crippen LogP contribution in [0.25, 0.3) is 11.4 Å². The Bertz CT molecular complexity index is 571. The fraction of sp³-hybridized carbons (Fsp3) is 0.412. The molecule has 1 aromatic carbocycles. The summed E-state index contributed by atoms with van der Waals surface area (Å²) in [5, 5.41) is 3.37. The second kappa shape index (κ2) is 6.51. The van der Waals surface area contributed by atoms with Gasteiger partial charge in [-0.15, -0.1) is 0 Å². The number of hydrogen-bond donors (Lipinski definition) is 1. The van der Waals surface area contributed by atoms with E-state index in [1.54, 1.807) is 0 Å². The molecular weight excluding hydrogens is 246 g/mol. The summed E-state index contributed by atoms with van der Waals surface area (Å²) in [5.41, 5.74) is 4.68. The number of nitrogens with zero attached hydrogens (tertiary/aromatic N) is 2. The molecular formula is C17H23N3. The van der Waals surface area contributed by atoms with Gasteiger partial charge in [0, 0.05) is 23.9 Å². The van der Waals surface area contributed by atoms with Crippen LogP contribution in [0.1, 0.15) is 37.1 Å². The predicted octanol–water partition coefficient (Wildman–Crippen LogP) is 4.14. The summed E-state index contributed by atoms with van der Waals surface area (Å²) in [6, 6.07) is 8.35. The summed E-state index contributed by atoms with van der Waals surface area (Å²) >= 11 is 0. The lowest BCUT2D eigenvalue weighted by molar-refractivity contribution is 0.950. The molecule has 3 heteroatoms. The zero-order valence-electron chi connectivity index (χ0n) is 12.8. The molecule has 2 aromatic rings. The van der Waals surface area contributed by atoms with E-state index in [1.807, 2.05) is 6.07 Å². The van der Waals surface area contributed by atoms with E-state index in [0.29, 0.717) is 0 Å². The van der Waals surface area contributed by atoms with E-state index in [2.05, 4.69) is 56.2 Å². The molecule has 20 heavy (non-hydrogen) atoms. The van der Waals surface area contributed by atoms with Crippen LogP contribution in [0.4, 0.5) is 5.82 Å². The van der Waals surface area contributed by atoms with Gasteiger partial charge in [-0.2, -0.15) is 0 Å². The number of nitrogens with one attached hydrogen (secondary N) is 1. The third-order valence-corrected chi connectivity index (χ3v) is 3.40. The molecule has 2 rings (SSSR count). The van der Waals surface area contributed by atoms with Crippen LogP contribution in [0.3, 0.4) is 0 Å². The SMILES string of the molecule is CCCNc1cc(CC)nc(-c2c(C)cccc2C)n1. The van der Waals surface area contributed by atoms with Crippen molar-refractivity contribution in [3.05, 3.63) is 41.1 Å². The van der Waals surface area contributed by atoms with E-state index in [9.17, 15) is 0 Å². The number of benzene rings is 1. The van der Waals surface area contributed by atoms with Crippen LogP contribution in [0.5, 0.6) is 0 Å². The first kappa shape index (κ1) is 14.5. The molecule has 1 heterocycles. The quantitative estimate of drug-likeness (QED) is 0.886. The second-order valence-corrected chi connectivity index (χ2v) is 5.12. The minimum Gasteiger partial charge on any atom is -0.370 e. The van der Waals surface area contributed by atoms with Crippen LogP contribution < -0.4 is 5.32 Å². The molecule has 0 bridgehead atoms. The zero-order chi connectivity index (χ0) is 14.5. The van der Waals surface area contributed by atoms with Crippen molar-refractivity contribution in [1.82, 2.24) is 9.97 Å². The average Bonchev–Trinajstić information content (AvgIpc) is 2.44. The number of hydrogen-bond acceptors (Lipinski definition) is 3. The highest BCUT2D eigenvalue weighted by Crippen LogP contribution is 2.25. The average molecular weight is 269 g/mol. The highest BCUT2D eigenvalue weighted by molar-refractivity contribution is 5.65. The van der Waals surface area contributed by atoms with Gasteiger partial charge in [-0.25, -0.2) is 9.97 Å². The first-order valence-corrected chi connectivity index (χ1v) is 7.34. The molecule has 106 valence electrons. The Morgan fingerprint density at radius 3 is 2.35 bits per heavy atom. The number of rotatable bonds is 5. The highest BCUT2D eigenvalue weighted by Gasteiger charge is 2.10. The summed E-state index contributed by atoms with van der Waals surface area (Å²) < 4.78 is 0. The third-order valence-electron chi connectivity index (χ3n) is 3.40. The van der Waals surface area contributed by atoms with Crippen molar-refractivity contribution in [1.29, 1.82) is 0 Å². The number of aromatic nitrogens is 2. The van der Waals surface area contributed by atoms with Crippen LogP contribution in [0.15, 0.2) is 24.3 Å². The lowest BCUT2D eigenvalue weighted by Crippen LogP contribution is -2.06. The van der Waals surface area contributed by atoms with Crippen LogP contribution in [-0.2, 0) is 6.42 Å². The largest absolute Gasteiger partial charge is 0.370 e. The Hall–Kier alpha value is -1.90. The van der Waals surface area contributed by atoms with E-state index in [1.165, 1.54) is 11.1 Å². The molecule has 0 saturated heterocycles. The van der Waals surface area contributed by atoms with Crippen molar-refractivity contribution in [2.24, 2.45) is 0 Å². The topological polar surface area (TPSA) is 37.8 Å². The van der Waals surface area contributed by atoms with E-state index in [4.69, 9.17) is 4.98 Å². The predicted molar refractivity (Wildman–Crippen MR) is 85.1 cm³/mol. The van der Waals surface area contributed by atoms with Gasteiger partial charge < -0.3 is 5.32 Å². The molecule has 0 aliphatic heterocycles. The third kappa shape index (κ3) is 3.16. The zero-order valence-corrected chi connectivity index (χ0v) is 12.8. The Morgan fingerprint density at radius 1 is 1.05 bits per heavy atom. The summed E-state index contributed by atoms with van der Waals surface area (Å²) in [7, 11) is 0. The van der Waals surface area contributed by atoms with Gasteiger partial charge in [0.25, 0.3) is 0 Å². The lowest BCUT2D eigenvalue weighted by atomic mass is 10.0. The summed E-state index contributed by atoms with van der Waals surface area (Å²) in [6.45, 7) is 9.45. The van der Waals surface area contributed by atoms with E-state index in [-0.39, 0.29) is 0 Å². The van der Waals surface area contributed by atoms with E-state index < -0.39 is 0 Å². The standard InChI is InChI=1S/C17H23N3/c1-5-10-18-15-11-14(6-2)19-17(20-15)16-12(3)8-7-9-13(16)4/h7-9,11H,5-6,10H2,1-4H3,(H,18,19,20). The Balaban J connectivity index is 2.50. The number of aryl methyl sites for hydroxylation is 3. The van der Waals surface area contributed by atoms with Gasteiger partial charge in [0.2, 0.25) is 0 Å². The molecule has 0 aliphatic rings. The minimum absolute atomic E-state index is 0.832. The second-order valence-electron chi connectivity index (χ2n) is 5.12. The molecule has 0 unspecified atom stereocenters. The summed E-state index contributed by atoms with van der Waals surface area (Å²) in [5.74, 6) is 1.76. The van der Waals surface area contributed by atoms with Crippen molar-refractivity contribution in [2.75, 3.05) is 11.9 Å². The van der Waals surface area contributed by atoms with E-state index in [0.717, 1.165) is 42.3 Å². The first-order valence-electron chi connectivity index (χ1n) is 7.34. The lowest BCUT2D eigenvalue weighted by Gasteiger charge is -2.12. The van der Waals surface area contributed by atoms with Crippen LogP contribution in [0, 0.1) is 13.8 Å². The fourth-order valence-electron chi connectivity index (χ4n) is 2.30. The maximum atomic E-state index is 4.70. The van der Waals surface area contributed by atoms with Crippen molar-refractivity contribution < 1.29 is 0 Å². The number of anilines is 1.